The molecular weight excluding hydrogens is 505 g/mol. The van der Waals surface area contributed by atoms with Gasteiger partial charge in [-0.3, -0.25) is 9.78 Å². The number of anilines is 1. The van der Waals surface area contributed by atoms with Crippen LogP contribution < -0.4 is 9.64 Å². The number of nitrogens with zero attached hydrogens (tertiary/aromatic N) is 5. The maximum atomic E-state index is 15.1. The zero-order valence-electron chi connectivity index (χ0n) is 21.9. The Morgan fingerprint density at radius 3 is 2.66 bits per heavy atom. The van der Waals surface area contributed by atoms with Crippen molar-refractivity contribution in [2.45, 2.75) is 63.6 Å². The minimum Gasteiger partial charge on any atom is -0.485 e. The molecule has 1 aromatic carbocycles. The minimum atomic E-state index is -0.512. The third-order valence-corrected chi connectivity index (χ3v) is 8.54. The van der Waals surface area contributed by atoms with E-state index >= 15 is 4.39 Å². The third kappa shape index (κ3) is 4.64. The van der Waals surface area contributed by atoms with Gasteiger partial charge in [0, 0.05) is 79.1 Å². The predicted octanol–water partition coefficient (Wildman–Crippen LogP) is 4.22. The third-order valence-electron chi connectivity index (χ3n) is 7.76. The van der Waals surface area contributed by atoms with Crippen molar-refractivity contribution in [3.63, 3.8) is 0 Å². The molecule has 3 aromatic rings. The first-order valence-electron chi connectivity index (χ1n) is 13.1. The number of aliphatic hydroxyl groups is 1. The zero-order chi connectivity index (χ0) is 26.7. The van der Waals surface area contributed by atoms with Gasteiger partial charge in [-0.15, -0.1) is 0 Å². The van der Waals surface area contributed by atoms with Crippen molar-refractivity contribution in [3.05, 3.63) is 53.2 Å². The second kappa shape index (κ2) is 9.27. The molecule has 0 saturated carbocycles. The first-order chi connectivity index (χ1) is 18.1. The standard InChI is InChI=1S/C28H32FN5O3S/c1-27(2,3)25-31-26(38-32-25)33-10-7-28(8-11-33)14-18-13-22(30-15-23(18)37-28)20-5-4-17(12-21(20)29)24(36)34-9-6-19(35)16-34/h4-5,12-13,15,19,35H,6-11,14,16H2,1-3H3/t19-/m1/s1. The van der Waals surface area contributed by atoms with E-state index in [1.54, 1.807) is 23.2 Å². The Balaban J connectivity index is 1.14. The number of likely N-dealkylation sites (tertiary alicyclic amines) is 1. The molecule has 2 saturated heterocycles. The monoisotopic (exact) mass is 537 g/mol. The molecule has 1 spiro atoms. The van der Waals surface area contributed by atoms with Gasteiger partial charge in [-0.05, 0) is 30.7 Å². The molecule has 3 aliphatic heterocycles. The van der Waals surface area contributed by atoms with E-state index < -0.39 is 11.9 Å². The highest BCUT2D eigenvalue weighted by molar-refractivity contribution is 7.09. The molecule has 5 heterocycles. The van der Waals surface area contributed by atoms with Gasteiger partial charge in [0.2, 0.25) is 5.13 Å². The van der Waals surface area contributed by atoms with Crippen molar-refractivity contribution in [1.29, 1.82) is 0 Å². The second-order valence-electron chi connectivity index (χ2n) is 11.7. The van der Waals surface area contributed by atoms with Crippen molar-refractivity contribution in [1.82, 2.24) is 19.2 Å². The van der Waals surface area contributed by atoms with E-state index in [4.69, 9.17) is 9.72 Å². The van der Waals surface area contributed by atoms with Crippen LogP contribution in [0.5, 0.6) is 5.75 Å². The lowest BCUT2D eigenvalue weighted by Crippen LogP contribution is -2.47. The van der Waals surface area contributed by atoms with Crippen LogP contribution in [-0.4, -0.2) is 68.1 Å². The van der Waals surface area contributed by atoms with E-state index in [9.17, 15) is 9.90 Å². The van der Waals surface area contributed by atoms with Gasteiger partial charge in [0.05, 0.1) is 18.0 Å². The lowest BCUT2D eigenvalue weighted by atomic mass is 9.87. The number of hydrogen-bond donors (Lipinski definition) is 1. The first-order valence-corrected chi connectivity index (χ1v) is 13.9. The number of carbonyl (C=O) groups is 1. The Hall–Kier alpha value is -3.11. The number of carbonyl (C=O) groups excluding carboxylic acids is 1. The number of pyridine rings is 1. The molecule has 38 heavy (non-hydrogen) atoms. The Bertz CT molecular complexity index is 1380. The molecular formula is C28H32FN5O3S. The molecule has 8 nitrogen and oxygen atoms in total. The lowest BCUT2D eigenvalue weighted by Gasteiger charge is -2.38. The summed E-state index contributed by atoms with van der Waals surface area (Å²) in [5.74, 6) is 0.878. The summed E-state index contributed by atoms with van der Waals surface area (Å²) >= 11 is 1.46. The van der Waals surface area contributed by atoms with Gasteiger partial charge in [-0.25, -0.2) is 9.37 Å². The molecule has 200 valence electrons. The number of ether oxygens (including phenoxy) is 1. The number of rotatable bonds is 3. The molecule has 2 fully saturated rings. The van der Waals surface area contributed by atoms with Crippen LogP contribution in [0.3, 0.4) is 0 Å². The fraction of sp³-hybridized carbons (Fsp3) is 0.500. The molecule has 1 amide bonds. The summed E-state index contributed by atoms with van der Waals surface area (Å²) < 4.78 is 26.1. The minimum absolute atomic E-state index is 0.0700. The first kappa shape index (κ1) is 25.2. The second-order valence-corrected chi connectivity index (χ2v) is 12.4. The topological polar surface area (TPSA) is 91.7 Å². The highest BCUT2D eigenvalue weighted by atomic mass is 32.1. The van der Waals surface area contributed by atoms with Crippen LogP contribution in [-0.2, 0) is 11.8 Å². The van der Waals surface area contributed by atoms with Crippen molar-refractivity contribution in [2.24, 2.45) is 0 Å². The van der Waals surface area contributed by atoms with Gasteiger partial charge < -0.3 is 19.6 Å². The highest BCUT2D eigenvalue weighted by Gasteiger charge is 2.43. The van der Waals surface area contributed by atoms with Gasteiger partial charge in [0.25, 0.3) is 5.91 Å². The van der Waals surface area contributed by atoms with Crippen LogP contribution in [0.2, 0.25) is 0 Å². The Morgan fingerprint density at radius 2 is 2.00 bits per heavy atom. The van der Waals surface area contributed by atoms with Crippen molar-refractivity contribution >= 4 is 22.6 Å². The fourth-order valence-electron chi connectivity index (χ4n) is 5.48. The van der Waals surface area contributed by atoms with Crippen molar-refractivity contribution in [2.75, 3.05) is 31.1 Å². The number of β-amino-alcohol motifs (C(OH)–C–C–N with tert-alkyl or cyclic N) is 1. The Labute approximate surface area is 225 Å². The summed E-state index contributed by atoms with van der Waals surface area (Å²) in [6, 6.07) is 6.42. The maximum absolute atomic E-state index is 15.1. The molecule has 0 aliphatic carbocycles. The van der Waals surface area contributed by atoms with Crippen molar-refractivity contribution < 1.29 is 19.0 Å². The van der Waals surface area contributed by atoms with Gasteiger partial charge >= 0.3 is 0 Å². The highest BCUT2D eigenvalue weighted by Crippen LogP contribution is 2.43. The van der Waals surface area contributed by atoms with Crippen molar-refractivity contribution in [3.8, 4) is 17.0 Å². The van der Waals surface area contributed by atoms with Crippen LogP contribution in [0, 0.1) is 5.82 Å². The molecule has 1 atom stereocenters. The molecule has 0 radical (unpaired) electrons. The zero-order valence-corrected chi connectivity index (χ0v) is 22.7. The van der Waals surface area contributed by atoms with Crippen LogP contribution >= 0.6 is 11.5 Å². The van der Waals surface area contributed by atoms with Crippen LogP contribution in [0.4, 0.5) is 9.52 Å². The van der Waals surface area contributed by atoms with Crippen LogP contribution in [0.1, 0.15) is 61.8 Å². The van der Waals surface area contributed by atoms with E-state index in [0.29, 0.717) is 24.2 Å². The van der Waals surface area contributed by atoms with E-state index in [-0.39, 0.29) is 29.0 Å². The summed E-state index contributed by atoms with van der Waals surface area (Å²) in [5, 5.41) is 10.7. The van der Waals surface area contributed by atoms with Gasteiger partial charge in [0.1, 0.15) is 23.0 Å². The van der Waals surface area contributed by atoms with Crippen LogP contribution in [0.25, 0.3) is 11.3 Å². The van der Waals surface area contributed by atoms with E-state index in [2.05, 4.69) is 35.0 Å². The average molecular weight is 538 g/mol. The summed E-state index contributed by atoms with van der Waals surface area (Å²) in [4.78, 5) is 25.8. The number of aromatic nitrogens is 3. The molecule has 3 aliphatic rings. The number of benzene rings is 1. The summed E-state index contributed by atoms with van der Waals surface area (Å²) in [5.41, 5.74) is 1.83. The summed E-state index contributed by atoms with van der Waals surface area (Å²) in [6.07, 6.45) is 4.20. The molecule has 0 bridgehead atoms. The normalized spacial score (nSPS) is 20.6. The number of amides is 1. The number of hydrogen-bond acceptors (Lipinski definition) is 8. The van der Waals surface area contributed by atoms with Gasteiger partial charge in [-0.2, -0.15) is 4.37 Å². The largest absolute Gasteiger partial charge is 0.485 e. The molecule has 0 unspecified atom stereocenters. The fourth-order valence-corrected chi connectivity index (χ4v) is 6.38. The Kier molecular flexibility index (Phi) is 6.14. The van der Waals surface area contributed by atoms with Gasteiger partial charge in [0.15, 0.2) is 0 Å². The van der Waals surface area contributed by atoms with E-state index in [1.165, 1.54) is 17.6 Å². The molecule has 1 N–H and O–H groups in total. The SMILES string of the molecule is CC(C)(C)c1nsc(N2CCC3(CC2)Cc2cc(-c4ccc(C(=O)N5CC[C@@H](O)C5)cc4F)ncc2O3)n1. The predicted molar refractivity (Wildman–Crippen MR) is 143 cm³/mol. The van der Waals surface area contributed by atoms with Crippen LogP contribution in [0.15, 0.2) is 30.5 Å². The maximum Gasteiger partial charge on any atom is 0.254 e. The molecule has 2 aromatic heterocycles. The number of fused-ring (bicyclic) bond motifs is 1. The number of piperidine rings is 1. The summed E-state index contributed by atoms with van der Waals surface area (Å²) in [6.45, 7) is 8.81. The van der Waals surface area contributed by atoms with E-state index in [0.717, 1.165) is 54.6 Å². The number of aliphatic hydroxyl groups excluding tert-OH is 1. The summed E-state index contributed by atoms with van der Waals surface area (Å²) in [7, 11) is 0. The Morgan fingerprint density at radius 1 is 1.21 bits per heavy atom. The molecule has 10 heteroatoms. The quantitative estimate of drug-likeness (QED) is 0.535. The molecule has 6 rings (SSSR count). The lowest BCUT2D eigenvalue weighted by molar-refractivity contribution is 0.0665. The van der Waals surface area contributed by atoms with Gasteiger partial charge in [-0.1, -0.05) is 20.8 Å². The smallest absolute Gasteiger partial charge is 0.254 e. The average Bonchev–Trinajstić information content (AvgIpc) is 3.62. The van der Waals surface area contributed by atoms with E-state index in [1.807, 2.05) is 6.07 Å². The number of halogens is 1.